The Hall–Kier alpha value is -0.870. The molecule has 1 aliphatic rings. The van der Waals surface area contributed by atoms with Crippen LogP contribution in [0.1, 0.15) is 42.1 Å². The standard InChI is InChI=1S/C16H23BrN2O/c1-12-7-6-8-14(15(12)17)16(20)18-11-13(2)19-9-4-3-5-10-19/h6-8,13H,3-5,9-11H2,1-2H3,(H,18,20). The van der Waals surface area contributed by atoms with Gasteiger partial charge in [-0.25, -0.2) is 0 Å². The van der Waals surface area contributed by atoms with Gasteiger partial charge in [0.25, 0.3) is 5.91 Å². The minimum Gasteiger partial charge on any atom is -0.350 e. The third kappa shape index (κ3) is 3.83. The van der Waals surface area contributed by atoms with E-state index in [-0.39, 0.29) is 5.91 Å². The van der Waals surface area contributed by atoms with Crippen LogP contribution in [0.5, 0.6) is 0 Å². The van der Waals surface area contributed by atoms with Crippen molar-refractivity contribution in [3.8, 4) is 0 Å². The largest absolute Gasteiger partial charge is 0.350 e. The van der Waals surface area contributed by atoms with Crippen molar-refractivity contribution in [3.63, 3.8) is 0 Å². The van der Waals surface area contributed by atoms with Gasteiger partial charge in [-0.2, -0.15) is 0 Å². The van der Waals surface area contributed by atoms with Crippen LogP contribution >= 0.6 is 15.9 Å². The molecule has 1 saturated heterocycles. The minimum atomic E-state index is 0.00411. The summed E-state index contributed by atoms with van der Waals surface area (Å²) in [6.07, 6.45) is 3.90. The third-order valence-corrected chi connectivity index (χ3v) is 5.06. The van der Waals surface area contributed by atoms with E-state index in [1.165, 1.54) is 19.3 Å². The van der Waals surface area contributed by atoms with Crippen LogP contribution in [-0.4, -0.2) is 36.5 Å². The van der Waals surface area contributed by atoms with Gasteiger partial charge in [0.15, 0.2) is 0 Å². The van der Waals surface area contributed by atoms with Gasteiger partial charge in [-0.15, -0.1) is 0 Å². The zero-order chi connectivity index (χ0) is 14.5. The molecule has 1 N–H and O–H groups in total. The summed E-state index contributed by atoms with van der Waals surface area (Å²) in [6, 6.07) is 6.18. The Morgan fingerprint density at radius 2 is 2.05 bits per heavy atom. The van der Waals surface area contributed by atoms with Crippen molar-refractivity contribution >= 4 is 21.8 Å². The summed E-state index contributed by atoms with van der Waals surface area (Å²) in [6.45, 7) is 7.21. The quantitative estimate of drug-likeness (QED) is 0.912. The van der Waals surface area contributed by atoms with Gasteiger partial charge < -0.3 is 5.32 Å². The van der Waals surface area contributed by atoms with E-state index >= 15 is 0 Å². The van der Waals surface area contributed by atoms with Gasteiger partial charge in [0, 0.05) is 17.1 Å². The van der Waals surface area contributed by atoms with Gasteiger partial charge >= 0.3 is 0 Å². The molecule has 110 valence electrons. The molecule has 1 aromatic carbocycles. The zero-order valence-corrected chi connectivity index (χ0v) is 13.9. The molecule has 1 heterocycles. The predicted molar refractivity (Wildman–Crippen MR) is 86.1 cm³/mol. The zero-order valence-electron chi connectivity index (χ0n) is 12.3. The summed E-state index contributed by atoms with van der Waals surface area (Å²) in [5.41, 5.74) is 1.80. The molecule has 3 nitrogen and oxygen atoms in total. The van der Waals surface area contributed by atoms with Gasteiger partial charge in [0.2, 0.25) is 0 Å². The molecule has 0 radical (unpaired) electrons. The minimum absolute atomic E-state index is 0.00411. The van der Waals surface area contributed by atoms with Crippen LogP contribution in [-0.2, 0) is 0 Å². The highest BCUT2D eigenvalue weighted by Gasteiger charge is 2.18. The Balaban J connectivity index is 1.89. The second-order valence-electron chi connectivity index (χ2n) is 5.59. The highest BCUT2D eigenvalue weighted by molar-refractivity contribution is 9.10. The molecular weight excluding hydrogens is 316 g/mol. The number of piperidine rings is 1. The molecular formula is C16H23BrN2O. The molecule has 2 rings (SSSR count). The number of nitrogens with zero attached hydrogens (tertiary/aromatic N) is 1. The molecule has 0 saturated carbocycles. The monoisotopic (exact) mass is 338 g/mol. The Morgan fingerprint density at radius 1 is 1.35 bits per heavy atom. The molecule has 4 heteroatoms. The molecule has 1 unspecified atom stereocenters. The van der Waals surface area contributed by atoms with Gasteiger partial charge in [0.1, 0.15) is 0 Å². The van der Waals surface area contributed by atoms with Crippen LogP contribution in [0.15, 0.2) is 22.7 Å². The van der Waals surface area contributed by atoms with Crippen molar-refractivity contribution in [3.05, 3.63) is 33.8 Å². The van der Waals surface area contributed by atoms with Gasteiger partial charge in [0.05, 0.1) is 5.56 Å². The molecule has 1 aromatic rings. The second kappa shape index (κ2) is 7.23. The lowest BCUT2D eigenvalue weighted by molar-refractivity contribution is 0.0929. The van der Waals surface area contributed by atoms with Gasteiger partial charge in [-0.05, 0) is 67.3 Å². The molecule has 1 fully saturated rings. The summed E-state index contributed by atoms with van der Waals surface area (Å²) in [5, 5.41) is 3.05. The SMILES string of the molecule is Cc1cccc(C(=O)NCC(C)N2CCCCC2)c1Br. The highest BCUT2D eigenvalue weighted by atomic mass is 79.9. The van der Waals surface area contributed by atoms with Gasteiger partial charge in [-0.1, -0.05) is 18.6 Å². The van der Waals surface area contributed by atoms with Crippen molar-refractivity contribution in [2.75, 3.05) is 19.6 Å². The predicted octanol–water partition coefficient (Wildman–Crippen LogP) is 3.36. The average Bonchev–Trinajstić information content (AvgIpc) is 2.48. The Labute approximate surface area is 129 Å². The van der Waals surface area contributed by atoms with Crippen LogP contribution in [0.25, 0.3) is 0 Å². The van der Waals surface area contributed by atoms with Crippen molar-refractivity contribution in [1.82, 2.24) is 10.2 Å². The fraction of sp³-hybridized carbons (Fsp3) is 0.562. The molecule has 0 aromatic heterocycles. The normalized spacial score (nSPS) is 17.8. The van der Waals surface area contributed by atoms with E-state index in [4.69, 9.17) is 0 Å². The lowest BCUT2D eigenvalue weighted by Gasteiger charge is -2.32. The second-order valence-corrected chi connectivity index (χ2v) is 6.39. The number of aryl methyl sites for hydroxylation is 1. The smallest absolute Gasteiger partial charge is 0.252 e. The number of amides is 1. The lowest BCUT2D eigenvalue weighted by atomic mass is 10.1. The molecule has 1 aliphatic heterocycles. The number of likely N-dealkylation sites (tertiary alicyclic amines) is 1. The Kier molecular flexibility index (Phi) is 5.61. The number of benzene rings is 1. The van der Waals surface area contributed by atoms with E-state index in [0.717, 1.165) is 28.7 Å². The number of carbonyl (C=O) groups is 1. The summed E-state index contributed by atoms with van der Waals surface area (Å²) < 4.78 is 0.892. The first-order valence-electron chi connectivity index (χ1n) is 7.37. The molecule has 0 spiro atoms. The molecule has 0 bridgehead atoms. The Bertz CT molecular complexity index is 470. The number of carbonyl (C=O) groups excluding carboxylic acids is 1. The van der Waals surface area contributed by atoms with Crippen molar-refractivity contribution in [2.45, 2.75) is 39.2 Å². The van der Waals surface area contributed by atoms with E-state index < -0.39 is 0 Å². The number of nitrogens with one attached hydrogen (secondary N) is 1. The first-order valence-corrected chi connectivity index (χ1v) is 8.16. The van der Waals surface area contributed by atoms with E-state index in [9.17, 15) is 4.79 Å². The van der Waals surface area contributed by atoms with Crippen LogP contribution in [0, 0.1) is 6.92 Å². The average molecular weight is 339 g/mol. The molecule has 1 amide bonds. The van der Waals surface area contributed by atoms with Crippen LogP contribution in [0.3, 0.4) is 0 Å². The molecule has 0 aliphatic carbocycles. The summed E-state index contributed by atoms with van der Waals surface area (Å²) in [4.78, 5) is 14.7. The molecule has 1 atom stereocenters. The first kappa shape index (κ1) is 15.5. The maximum Gasteiger partial charge on any atom is 0.252 e. The highest BCUT2D eigenvalue weighted by Crippen LogP contribution is 2.21. The van der Waals surface area contributed by atoms with Crippen LogP contribution < -0.4 is 5.32 Å². The number of halogens is 1. The fourth-order valence-electron chi connectivity index (χ4n) is 2.65. The van der Waals surface area contributed by atoms with E-state index in [1.54, 1.807) is 0 Å². The maximum atomic E-state index is 12.2. The maximum absolute atomic E-state index is 12.2. The summed E-state index contributed by atoms with van der Waals surface area (Å²) >= 11 is 3.49. The van der Waals surface area contributed by atoms with E-state index in [1.807, 2.05) is 25.1 Å². The van der Waals surface area contributed by atoms with Crippen molar-refractivity contribution in [1.29, 1.82) is 0 Å². The van der Waals surface area contributed by atoms with Gasteiger partial charge in [-0.3, -0.25) is 9.69 Å². The molecule has 20 heavy (non-hydrogen) atoms. The Morgan fingerprint density at radius 3 is 2.75 bits per heavy atom. The van der Waals surface area contributed by atoms with E-state index in [0.29, 0.717) is 12.6 Å². The van der Waals surface area contributed by atoms with Crippen LogP contribution in [0.2, 0.25) is 0 Å². The summed E-state index contributed by atoms with van der Waals surface area (Å²) in [7, 11) is 0. The van der Waals surface area contributed by atoms with E-state index in [2.05, 4.69) is 33.1 Å². The topological polar surface area (TPSA) is 32.3 Å². The number of rotatable bonds is 4. The number of hydrogen-bond acceptors (Lipinski definition) is 2. The van der Waals surface area contributed by atoms with Crippen molar-refractivity contribution < 1.29 is 4.79 Å². The number of hydrogen-bond donors (Lipinski definition) is 1. The lowest BCUT2D eigenvalue weighted by Crippen LogP contribution is -2.44. The van der Waals surface area contributed by atoms with Crippen molar-refractivity contribution in [2.24, 2.45) is 0 Å². The first-order chi connectivity index (χ1) is 9.59. The van der Waals surface area contributed by atoms with Crippen LogP contribution in [0.4, 0.5) is 0 Å². The summed E-state index contributed by atoms with van der Waals surface area (Å²) in [5.74, 6) is 0.00411. The fourth-order valence-corrected chi connectivity index (χ4v) is 3.09. The third-order valence-electron chi connectivity index (χ3n) is 4.01.